The number of hydrogen-bond acceptors (Lipinski definition) is 3. The predicted molar refractivity (Wildman–Crippen MR) is 89.4 cm³/mol. The lowest BCUT2D eigenvalue weighted by atomic mass is 9.71. The molecule has 2 N–H and O–H groups in total. The van der Waals surface area contributed by atoms with Gasteiger partial charge < -0.3 is 15.3 Å². The fourth-order valence-corrected chi connectivity index (χ4v) is 3.63. The minimum Gasteiger partial charge on any atom is -0.505 e. The van der Waals surface area contributed by atoms with Crippen molar-refractivity contribution in [3.8, 4) is 5.75 Å². The van der Waals surface area contributed by atoms with Crippen LogP contribution in [0.3, 0.4) is 0 Å². The average molecular weight is 343 g/mol. The average Bonchev–Trinajstić information content (AvgIpc) is 2.52. The van der Waals surface area contributed by atoms with Gasteiger partial charge in [0.05, 0.1) is 6.42 Å². The van der Waals surface area contributed by atoms with Crippen molar-refractivity contribution in [1.29, 1.82) is 0 Å². The molecular weight excluding hydrogens is 319 g/mol. The number of phenols is 1. The molecule has 0 atom stereocenters. The Morgan fingerprint density at radius 2 is 1.87 bits per heavy atom. The maximum Gasteiger partial charge on any atom is 0.226 e. The van der Waals surface area contributed by atoms with E-state index in [1.165, 1.54) is 25.0 Å². The van der Waals surface area contributed by atoms with Gasteiger partial charge in [0.1, 0.15) is 0 Å². The fourth-order valence-electron chi connectivity index (χ4n) is 3.63. The van der Waals surface area contributed by atoms with E-state index in [1.807, 2.05) is 4.90 Å². The monoisotopic (exact) mass is 342 g/mol. The highest BCUT2D eigenvalue weighted by Crippen LogP contribution is 2.39. The molecule has 1 spiro atoms. The van der Waals surface area contributed by atoms with Gasteiger partial charge in [-0.05, 0) is 61.9 Å². The normalized spacial score (nSPS) is 20.1. The van der Waals surface area contributed by atoms with Gasteiger partial charge in [0.15, 0.2) is 11.6 Å². The molecule has 128 valence electrons. The Morgan fingerprint density at radius 3 is 2.48 bits per heavy atom. The molecule has 0 radical (unpaired) electrons. The topological polar surface area (TPSA) is 52.6 Å². The van der Waals surface area contributed by atoms with Gasteiger partial charge in [0.25, 0.3) is 0 Å². The van der Waals surface area contributed by atoms with Gasteiger partial charge in [0, 0.05) is 13.1 Å². The maximum atomic E-state index is 13.3. The fraction of sp³-hybridized carbons (Fsp3) is 0.588. The second-order valence-electron chi connectivity index (χ2n) is 6.59. The molecule has 0 saturated carbocycles. The molecule has 2 fully saturated rings. The summed E-state index contributed by atoms with van der Waals surface area (Å²) < 4.78 is 13.3. The lowest BCUT2D eigenvalue weighted by molar-refractivity contribution is -0.133. The first-order valence-corrected chi connectivity index (χ1v) is 8.04. The molecule has 2 saturated heterocycles. The Kier molecular flexibility index (Phi) is 5.87. The van der Waals surface area contributed by atoms with Crippen molar-refractivity contribution < 1.29 is 14.3 Å². The number of nitrogens with zero attached hydrogens (tertiary/aromatic N) is 1. The van der Waals surface area contributed by atoms with Gasteiger partial charge in [-0.25, -0.2) is 4.39 Å². The van der Waals surface area contributed by atoms with E-state index in [4.69, 9.17) is 0 Å². The minimum atomic E-state index is -0.669. The SMILES string of the molecule is Cl.O=C(Cc1ccc(O)c(F)c1)N1CCC2(CCNCC2)CC1. The second-order valence-corrected chi connectivity index (χ2v) is 6.59. The molecular formula is C17H24ClFN2O2. The van der Waals surface area contributed by atoms with Gasteiger partial charge in [-0.3, -0.25) is 4.79 Å². The summed E-state index contributed by atoms with van der Waals surface area (Å²) in [5, 5.41) is 12.6. The molecule has 0 unspecified atom stereocenters. The van der Waals surface area contributed by atoms with Gasteiger partial charge in [-0.1, -0.05) is 6.07 Å². The summed E-state index contributed by atoms with van der Waals surface area (Å²) in [6.45, 7) is 3.78. The highest BCUT2D eigenvalue weighted by molar-refractivity contribution is 5.85. The predicted octanol–water partition coefficient (Wildman–Crippen LogP) is 2.49. The number of halogens is 2. The summed E-state index contributed by atoms with van der Waals surface area (Å²) in [6, 6.07) is 4.15. The highest BCUT2D eigenvalue weighted by Gasteiger charge is 2.36. The van der Waals surface area contributed by atoms with Crippen molar-refractivity contribution in [1.82, 2.24) is 10.2 Å². The second kappa shape index (κ2) is 7.49. The van der Waals surface area contributed by atoms with E-state index < -0.39 is 5.82 Å². The van der Waals surface area contributed by atoms with E-state index in [2.05, 4.69) is 5.32 Å². The molecule has 2 aliphatic heterocycles. The lowest BCUT2D eigenvalue weighted by Crippen LogP contribution is -2.47. The van der Waals surface area contributed by atoms with Crippen molar-refractivity contribution in [2.75, 3.05) is 26.2 Å². The number of hydrogen-bond donors (Lipinski definition) is 2. The van der Waals surface area contributed by atoms with E-state index in [0.29, 0.717) is 11.0 Å². The van der Waals surface area contributed by atoms with Gasteiger partial charge in [-0.2, -0.15) is 0 Å². The third kappa shape index (κ3) is 4.15. The van der Waals surface area contributed by atoms with Gasteiger partial charge in [0.2, 0.25) is 5.91 Å². The summed E-state index contributed by atoms with van der Waals surface area (Å²) >= 11 is 0. The first-order chi connectivity index (χ1) is 10.6. The summed E-state index contributed by atoms with van der Waals surface area (Å²) in [4.78, 5) is 14.3. The van der Waals surface area contributed by atoms with Crippen LogP contribution in [0.4, 0.5) is 4.39 Å². The number of carbonyl (C=O) groups is 1. The van der Waals surface area contributed by atoms with Gasteiger partial charge >= 0.3 is 0 Å². The van der Waals surface area contributed by atoms with Crippen LogP contribution in [0, 0.1) is 11.2 Å². The highest BCUT2D eigenvalue weighted by atomic mass is 35.5. The van der Waals surface area contributed by atoms with Crippen LogP contribution in [0.2, 0.25) is 0 Å². The molecule has 1 aromatic carbocycles. The zero-order chi connectivity index (χ0) is 15.6. The smallest absolute Gasteiger partial charge is 0.226 e. The molecule has 3 rings (SSSR count). The number of amides is 1. The zero-order valence-corrected chi connectivity index (χ0v) is 14.0. The Hall–Kier alpha value is -1.33. The van der Waals surface area contributed by atoms with Crippen LogP contribution in [-0.4, -0.2) is 42.1 Å². The molecule has 23 heavy (non-hydrogen) atoms. The standard InChI is InChI=1S/C17H23FN2O2.ClH/c18-14-11-13(1-2-15(14)21)12-16(22)20-9-5-17(6-10-20)3-7-19-8-4-17;/h1-2,11,19,21H,3-10,12H2;1H. The van der Waals surface area contributed by atoms with Crippen molar-refractivity contribution in [2.24, 2.45) is 5.41 Å². The largest absolute Gasteiger partial charge is 0.505 e. The number of benzene rings is 1. The van der Waals surface area contributed by atoms with Crippen LogP contribution in [0.25, 0.3) is 0 Å². The van der Waals surface area contributed by atoms with E-state index in [-0.39, 0.29) is 30.5 Å². The molecule has 2 aliphatic rings. The van der Waals surface area contributed by atoms with E-state index in [9.17, 15) is 14.3 Å². The number of likely N-dealkylation sites (tertiary alicyclic amines) is 1. The first kappa shape index (κ1) is 18.0. The van der Waals surface area contributed by atoms with Crippen molar-refractivity contribution in [2.45, 2.75) is 32.1 Å². The number of phenolic OH excluding ortho intramolecular Hbond substituents is 1. The Bertz CT molecular complexity index is 552. The zero-order valence-electron chi connectivity index (χ0n) is 13.2. The third-order valence-corrected chi connectivity index (χ3v) is 5.21. The summed E-state index contributed by atoms with van der Waals surface area (Å²) in [5.41, 5.74) is 1.04. The van der Waals surface area contributed by atoms with Crippen molar-refractivity contribution in [3.05, 3.63) is 29.6 Å². The summed E-state index contributed by atoms with van der Waals surface area (Å²) in [7, 11) is 0. The number of nitrogens with one attached hydrogen (secondary N) is 1. The molecule has 6 heteroatoms. The van der Waals surface area contributed by atoms with Crippen LogP contribution in [-0.2, 0) is 11.2 Å². The minimum absolute atomic E-state index is 0. The molecule has 2 heterocycles. The van der Waals surface area contributed by atoms with E-state index >= 15 is 0 Å². The number of carbonyl (C=O) groups excluding carboxylic acids is 1. The van der Waals surface area contributed by atoms with Gasteiger partial charge in [-0.15, -0.1) is 12.4 Å². The molecule has 4 nitrogen and oxygen atoms in total. The Labute approximate surface area is 142 Å². The molecule has 0 aliphatic carbocycles. The van der Waals surface area contributed by atoms with Crippen LogP contribution in [0.15, 0.2) is 18.2 Å². The maximum absolute atomic E-state index is 13.3. The van der Waals surface area contributed by atoms with E-state index in [0.717, 1.165) is 39.0 Å². The molecule has 1 aromatic rings. The Morgan fingerprint density at radius 1 is 1.22 bits per heavy atom. The number of aromatic hydroxyl groups is 1. The summed E-state index contributed by atoms with van der Waals surface area (Å²) in [5.74, 6) is -0.992. The third-order valence-electron chi connectivity index (χ3n) is 5.21. The van der Waals surface area contributed by atoms with Crippen LogP contribution in [0.5, 0.6) is 5.75 Å². The quantitative estimate of drug-likeness (QED) is 0.868. The summed E-state index contributed by atoms with van der Waals surface area (Å²) in [6.07, 6.45) is 4.76. The number of piperidine rings is 2. The van der Waals surface area contributed by atoms with Crippen molar-refractivity contribution >= 4 is 18.3 Å². The number of rotatable bonds is 2. The van der Waals surface area contributed by atoms with Crippen LogP contribution < -0.4 is 5.32 Å². The van der Waals surface area contributed by atoms with Crippen molar-refractivity contribution in [3.63, 3.8) is 0 Å². The first-order valence-electron chi connectivity index (χ1n) is 8.04. The Balaban J connectivity index is 0.00000192. The lowest BCUT2D eigenvalue weighted by Gasteiger charge is -2.44. The molecule has 1 amide bonds. The van der Waals surface area contributed by atoms with Crippen LogP contribution in [0.1, 0.15) is 31.2 Å². The van der Waals surface area contributed by atoms with E-state index in [1.54, 1.807) is 6.07 Å². The molecule has 0 aromatic heterocycles. The molecule has 0 bridgehead atoms. The van der Waals surface area contributed by atoms with Crippen LogP contribution >= 0.6 is 12.4 Å².